The molecular weight excluding hydrogens is 302 g/mol. The van der Waals surface area contributed by atoms with Gasteiger partial charge in [-0.3, -0.25) is 4.90 Å². The molecule has 2 aromatic rings. The Morgan fingerprint density at radius 2 is 1.58 bits per heavy atom. The quantitative estimate of drug-likeness (QED) is 0.666. The third-order valence-corrected chi connectivity index (χ3v) is 4.35. The average Bonchev–Trinajstić information content (AvgIpc) is 3.10. The highest BCUT2D eigenvalue weighted by Crippen LogP contribution is 2.22. The molecule has 0 amide bonds. The van der Waals surface area contributed by atoms with Gasteiger partial charge in [-0.05, 0) is 43.9 Å². The van der Waals surface area contributed by atoms with Crippen LogP contribution in [0.25, 0.3) is 11.5 Å². The number of ether oxygens (including phenoxy) is 1. The number of hydrogen-bond donors (Lipinski definition) is 0. The van der Waals surface area contributed by atoms with Crippen LogP contribution in [0.3, 0.4) is 0 Å². The van der Waals surface area contributed by atoms with Gasteiger partial charge < -0.3 is 14.1 Å². The number of rotatable bonds is 10. The predicted molar refractivity (Wildman–Crippen MR) is 97.2 cm³/mol. The maximum absolute atomic E-state index is 5.65. The fourth-order valence-electron chi connectivity index (χ4n) is 2.65. The van der Waals surface area contributed by atoms with Crippen molar-refractivity contribution in [3.05, 3.63) is 36.2 Å². The SMILES string of the molecule is CCN(CC)CCN(CC)Cc1coc(-c2ccc(OC)cc2)n1. The van der Waals surface area contributed by atoms with E-state index >= 15 is 0 Å². The average molecular weight is 331 g/mol. The smallest absolute Gasteiger partial charge is 0.226 e. The summed E-state index contributed by atoms with van der Waals surface area (Å²) in [4.78, 5) is 9.46. The number of likely N-dealkylation sites (N-methyl/N-ethyl adjacent to an activating group) is 2. The van der Waals surface area contributed by atoms with Crippen molar-refractivity contribution >= 4 is 0 Å². The molecule has 0 aliphatic heterocycles. The topological polar surface area (TPSA) is 41.7 Å². The van der Waals surface area contributed by atoms with Crippen molar-refractivity contribution in [1.82, 2.24) is 14.8 Å². The summed E-state index contributed by atoms with van der Waals surface area (Å²) in [6.07, 6.45) is 1.76. The standard InChI is InChI=1S/C19H29N3O2/c1-5-21(6-2)12-13-22(7-3)14-17-15-24-19(20-17)16-8-10-18(23-4)11-9-16/h8-11,15H,5-7,12-14H2,1-4H3. The second-order valence-electron chi connectivity index (χ2n) is 5.77. The number of methoxy groups -OCH3 is 1. The van der Waals surface area contributed by atoms with Crippen molar-refractivity contribution in [2.24, 2.45) is 0 Å². The van der Waals surface area contributed by atoms with Crippen LogP contribution >= 0.6 is 0 Å². The van der Waals surface area contributed by atoms with Gasteiger partial charge in [0.1, 0.15) is 12.0 Å². The lowest BCUT2D eigenvalue weighted by atomic mass is 10.2. The van der Waals surface area contributed by atoms with Crippen LogP contribution in [0.4, 0.5) is 0 Å². The first-order chi connectivity index (χ1) is 11.7. The number of oxazole rings is 1. The first-order valence-corrected chi connectivity index (χ1v) is 8.73. The molecule has 0 atom stereocenters. The molecule has 0 fully saturated rings. The summed E-state index contributed by atoms with van der Waals surface area (Å²) >= 11 is 0. The molecule has 0 aliphatic carbocycles. The number of nitrogens with zero attached hydrogens (tertiary/aromatic N) is 3. The summed E-state index contributed by atoms with van der Waals surface area (Å²) in [6.45, 7) is 12.7. The normalized spacial score (nSPS) is 11.4. The van der Waals surface area contributed by atoms with E-state index < -0.39 is 0 Å². The number of hydrogen-bond acceptors (Lipinski definition) is 5. The van der Waals surface area contributed by atoms with Crippen LogP contribution in [0.2, 0.25) is 0 Å². The van der Waals surface area contributed by atoms with Gasteiger partial charge in [0, 0.05) is 25.2 Å². The van der Waals surface area contributed by atoms with E-state index in [9.17, 15) is 0 Å². The molecule has 0 saturated heterocycles. The minimum absolute atomic E-state index is 0.660. The first kappa shape index (κ1) is 18.5. The van der Waals surface area contributed by atoms with Crippen LogP contribution in [0.1, 0.15) is 26.5 Å². The highest BCUT2D eigenvalue weighted by atomic mass is 16.5. The Bertz CT molecular complexity index is 591. The number of aromatic nitrogens is 1. The van der Waals surface area contributed by atoms with E-state index in [1.165, 1.54) is 0 Å². The van der Waals surface area contributed by atoms with Crippen molar-refractivity contribution in [3.63, 3.8) is 0 Å². The zero-order valence-corrected chi connectivity index (χ0v) is 15.3. The molecule has 0 aliphatic rings. The monoisotopic (exact) mass is 331 g/mol. The Balaban J connectivity index is 1.95. The van der Waals surface area contributed by atoms with Gasteiger partial charge in [-0.2, -0.15) is 0 Å². The molecule has 24 heavy (non-hydrogen) atoms. The first-order valence-electron chi connectivity index (χ1n) is 8.73. The van der Waals surface area contributed by atoms with Gasteiger partial charge in [0.15, 0.2) is 0 Å². The molecular formula is C19H29N3O2. The van der Waals surface area contributed by atoms with Crippen LogP contribution in [0.5, 0.6) is 5.75 Å². The summed E-state index contributed by atoms with van der Waals surface area (Å²) in [5.74, 6) is 1.49. The van der Waals surface area contributed by atoms with Crippen molar-refractivity contribution < 1.29 is 9.15 Å². The van der Waals surface area contributed by atoms with Crippen LogP contribution in [0.15, 0.2) is 34.9 Å². The molecule has 0 spiro atoms. The Labute approximate surface area is 145 Å². The zero-order chi connectivity index (χ0) is 17.4. The highest BCUT2D eigenvalue weighted by Gasteiger charge is 2.11. The van der Waals surface area contributed by atoms with Gasteiger partial charge in [0.2, 0.25) is 5.89 Å². The Morgan fingerprint density at radius 3 is 2.17 bits per heavy atom. The van der Waals surface area contributed by atoms with Gasteiger partial charge in [0.05, 0.1) is 12.8 Å². The molecule has 0 radical (unpaired) electrons. The van der Waals surface area contributed by atoms with E-state index in [1.54, 1.807) is 13.4 Å². The van der Waals surface area contributed by atoms with Gasteiger partial charge >= 0.3 is 0 Å². The van der Waals surface area contributed by atoms with Crippen LogP contribution < -0.4 is 4.74 Å². The molecule has 1 aromatic carbocycles. The molecule has 1 aromatic heterocycles. The van der Waals surface area contributed by atoms with Crippen molar-refractivity contribution in [3.8, 4) is 17.2 Å². The second kappa shape index (κ2) is 9.45. The molecule has 0 bridgehead atoms. The van der Waals surface area contributed by atoms with E-state index in [4.69, 9.17) is 9.15 Å². The van der Waals surface area contributed by atoms with E-state index in [2.05, 4.69) is 35.6 Å². The van der Waals surface area contributed by atoms with Gasteiger partial charge in [-0.25, -0.2) is 4.98 Å². The predicted octanol–water partition coefficient (Wildman–Crippen LogP) is 3.51. The van der Waals surface area contributed by atoms with E-state index in [-0.39, 0.29) is 0 Å². The van der Waals surface area contributed by atoms with E-state index in [0.29, 0.717) is 5.89 Å². The maximum Gasteiger partial charge on any atom is 0.226 e. The largest absolute Gasteiger partial charge is 0.497 e. The Kier molecular flexibility index (Phi) is 7.28. The highest BCUT2D eigenvalue weighted by molar-refractivity contribution is 5.54. The summed E-state index contributed by atoms with van der Waals surface area (Å²) in [7, 11) is 1.66. The summed E-state index contributed by atoms with van der Waals surface area (Å²) in [5.41, 5.74) is 1.94. The second-order valence-corrected chi connectivity index (χ2v) is 5.77. The molecule has 132 valence electrons. The third-order valence-electron chi connectivity index (χ3n) is 4.35. The molecule has 2 rings (SSSR count). The van der Waals surface area contributed by atoms with Crippen molar-refractivity contribution in [2.75, 3.05) is 39.8 Å². The van der Waals surface area contributed by atoms with Crippen LogP contribution in [-0.4, -0.2) is 54.6 Å². The van der Waals surface area contributed by atoms with Crippen LogP contribution in [-0.2, 0) is 6.54 Å². The summed E-state index contributed by atoms with van der Waals surface area (Å²) < 4.78 is 10.8. The lowest BCUT2D eigenvalue weighted by Crippen LogP contribution is -2.34. The fourth-order valence-corrected chi connectivity index (χ4v) is 2.65. The van der Waals surface area contributed by atoms with Crippen LogP contribution in [0, 0.1) is 0 Å². The lowest BCUT2D eigenvalue weighted by Gasteiger charge is -2.24. The molecule has 0 unspecified atom stereocenters. The molecule has 5 heteroatoms. The number of benzene rings is 1. The van der Waals surface area contributed by atoms with Gasteiger partial charge in [-0.1, -0.05) is 20.8 Å². The molecule has 0 N–H and O–H groups in total. The third kappa shape index (κ3) is 5.08. The zero-order valence-electron chi connectivity index (χ0n) is 15.3. The lowest BCUT2D eigenvalue weighted by molar-refractivity contribution is 0.213. The molecule has 5 nitrogen and oxygen atoms in total. The van der Waals surface area contributed by atoms with Crippen molar-refractivity contribution in [2.45, 2.75) is 27.3 Å². The molecule has 0 saturated carbocycles. The summed E-state index contributed by atoms with van der Waals surface area (Å²) in [6, 6.07) is 7.77. The Morgan fingerprint density at radius 1 is 0.958 bits per heavy atom. The van der Waals surface area contributed by atoms with E-state index in [1.807, 2.05) is 24.3 Å². The maximum atomic E-state index is 5.65. The fraction of sp³-hybridized carbons (Fsp3) is 0.526. The van der Waals surface area contributed by atoms with Crippen molar-refractivity contribution in [1.29, 1.82) is 0 Å². The summed E-state index contributed by atoms with van der Waals surface area (Å²) in [5, 5.41) is 0. The minimum atomic E-state index is 0.660. The minimum Gasteiger partial charge on any atom is -0.497 e. The van der Waals surface area contributed by atoms with Gasteiger partial charge in [-0.15, -0.1) is 0 Å². The van der Waals surface area contributed by atoms with E-state index in [0.717, 1.165) is 56.3 Å². The van der Waals surface area contributed by atoms with Gasteiger partial charge in [0.25, 0.3) is 0 Å². The molecule has 1 heterocycles. The Hall–Kier alpha value is -1.85.